The van der Waals surface area contributed by atoms with Crippen LogP contribution < -0.4 is 5.32 Å². The first-order valence-electron chi connectivity index (χ1n) is 6.36. The normalized spacial score (nSPS) is 23.8. The van der Waals surface area contributed by atoms with E-state index in [9.17, 15) is 9.90 Å². The van der Waals surface area contributed by atoms with Gasteiger partial charge in [0.2, 0.25) is 0 Å². The van der Waals surface area contributed by atoms with Crippen LogP contribution in [0.15, 0.2) is 24.3 Å². The Morgan fingerprint density at radius 2 is 2.17 bits per heavy atom. The first-order chi connectivity index (χ1) is 8.64. The molecule has 3 nitrogen and oxygen atoms in total. The van der Waals surface area contributed by atoms with Crippen molar-refractivity contribution in [2.75, 3.05) is 6.54 Å². The van der Waals surface area contributed by atoms with E-state index in [0.29, 0.717) is 24.3 Å². The number of nitrogens with one attached hydrogen (secondary N) is 1. The number of carboxylic acids is 1. The number of halogens is 1. The summed E-state index contributed by atoms with van der Waals surface area (Å²) < 4.78 is 0. The lowest BCUT2D eigenvalue weighted by Gasteiger charge is -2.34. The van der Waals surface area contributed by atoms with Crippen LogP contribution in [0.1, 0.15) is 31.2 Å². The van der Waals surface area contributed by atoms with Crippen LogP contribution in [-0.2, 0) is 11.2 Å². The third kappa shape index (κ3) is 2.85. The topological polar surface area (TPSA) is 49.3 Å². The zero-order valence-electron chi connectivity index (χ0n) is 10.3. The van der Waals surface area contributed by atoms with Gasteiger partial charge in [-0.3, -0.25) is 4.79 Å². The van der Waals surface area contributed by atoms with Crippen molar-refractivity contribution in [1.82, 2.24) is 5.32 Å². The summed E-state index contributed by atoms with van der Waals surface area (Å²) in [5.41, 5.74) is 0.254. The molecule has 1 aromatic rings. The van der Waals surface area contributed by atoms with Crippen LogP contribution in [0.4, 0.5) is 0 Å². The second-order valence-electron chi connectivity index (χ2n) is 4.86. The summed E-state index contributed by atoms with van der Waals surface area (Å²) in [4.78, 5) is 11.5. The summed E-state index contributed by atoms with van der Waals surface area (Å²) in [6.45, 7) is 0.787. The zero-order valence-corrected chi connectivity index (χ0v) is 11.0. The Balaban J connectivity index is 2.06. The van der Waals surface area contributed by atoms with Gasteiger partial charge in [0, 0.05) is 5.02 Å². The van der Waals surface area contributed by atoms with Crippen molar-refractivity contribution in [1.29, 1.82) is 0 Å². The molecule has 1 aliphatic heterocycles. The lowest BCUT2D eigenvalue weighted by Crippen LogP contribution is -2.54. The molecule has 0 radical (unpaired) electrons. The van der Waals surface area contributed by atoms with Crippen LogP contribution in [0.5, 0.6) is 0 Å². The van der Waals surface area contributed by atoms with Gasteiger partial charge in [0.25, 0.3) is 0 Å². The highest BCUT2D eigenvalue weighted by molar-refractivity contribution is 6.31. The summed E-state index contributed by atoms with van der Waals surface area (Å²) >= 11 is 6.10. The van der Waals surface area contributed by atoms with Crippen molar-refractivity contribution >= 4 is 17.6 Å². The van der Waals surface area contributed by atoms with Crippen molar-refractivity contribution in [2.45, 2.75) is 37.6 Å². The first-order valence-corrected chi connectivity index (χ1v) is 6.74. The van der Waals surface area contributed by atoms with E-state index in [0.717, 1.165) is 24.9 Å². The molecule has 2 N–H and O–H groups in total. The number of hydrogen-bond donors (Lipinski definition) is 2. The minimum atomic E-state index is -0.766. The fourth-order valence-corrected chi connectivity index (χ4v) is 2.75. The highest BCUT2D eigenvalue weighted by atomic mass is 35.5. The Hall–Kier alpha value is -1.06. The molecule has 1 heterocycles. The molecule has 18 heavy (non-hydrogen) atoms. The maximum absolute atomic E-state index is 11.5. The third-order valence-corrected chi connectivity index (χ3v) is 4.05. The SMILES string of the molecule is O=C(O)C1(CCc2ccccc2Cl)CCCCN1. The number of aryl methyl sites for hydroxylation is 1. The number of benzene rings is 1. The zero-order chi connectivity index (χ0) is 13.0. The maximum atomic E-state index is 11.5. The highest BCUT2D eigenvalue weighted by Gasteiger charge is 2.38. The van der Waals surface area contributed by atoms with Crippen LogP contribution >= 0.6 is 11.6 Å². The molecule has 1 aliphatic rings. The molecule has 98 valence electrons. The van der Waals surface area contributed by atoms with Gasteiger partial charge >= 0.3 is 5.97 Å². The van der Waals surface area contributed by atoms with Crippen LogP contribution in [0.25, 0.3) is 0 Å². The van der Waals surface area contributed by atoms with E-state index >= 15 is 0 Å². The Labute approximate surface area is 112 Å². The van der Waals surface area contributed by atoms with Crippen molar-refractivity contribution in [2.24, 2.45) is 0 Å². The number of rotatable bonds is 4. The Morgan fingerprint density at radius 1 is 1.39 bits per heavy atom. The van der Waals surface area contributed by atoms with Gasteiger partial charge in [-0.2, -0.15) is 0 Å². The van der Waals surface area contributed by atoms with E-state index in [1.165, 1.54) is 0 Å². The van der Waals surface area contributed by atoms with E-state index in [2.05, 4.69) is 5.32 Å². The number of carboxylic acid groups (broad SMARTS) is 1. The summed E-state index contributed by atoms with van der Waals surface area (Å²) in [5, 5.41) is 13.3. The second-order valence-corrected chi connectivity index (χ2v) is 5.27. The molecule has 0 amide bonds. The second kappa shape index (κ2) is 5.72. The molecule has 2 rings (SSSR count). The smallest absolute Gasteiger partial charge is 0.323 e. The van der Waals surface area contributed by atoms with E-state index in [1.807, 2.05) is 24.3 Å². The largest absolute Gasteiger partial charge is 0.480 e. The molecule has 1 atom stereocenters. The van der Waals surface area contributed by atoms with Gasteiger partial charge in [-0.25, -0.2) is 0 Å². The Kier molecular flexibility index (Phi) is 4.25. The monoisotopic (exact) mass is 267 g/mol. The van der Waals surface area contributed by atoms with Crippen LogP contribution in [-0.4, -0.2) is 23.2 Å². The van der Waals surface area contributed by atoms with Gasteiger partial charge in [0.05, 0.1) is 0 Å². The van der Waals surface area contributed by atoms with E-state index in [1.54, 1.807) is 0 Å². The van der Waals surface area contributed by atoms with Gasteiger partial charge < -0.3 is 10.4 Å². The first kappa shape index (κ1) is 13.4. The van der Waals surface area contributed by atoms with Crippen LogP contribution in [0.2, 0.25) is 5.02 Å². The Bertz CT molecular complexity index is 428. The maximum Gasteiger partial charge on any atom is 0.323 e. The number of carbonyl (C=O) groups is 1. The minimum absolute atomic E-state index is 0.589. The van der Waals surface area contributed by atoms with Crippen LogP contribution in [0, 0.1) is 0 Å². The fourth-order valence-electron chi connectivity index (χ4n) is 2.52. The van der Waals surface area contributed by atoms with E-state index in [4.69, 9.17) is 11.6 Å². The molecule has 1 fully saturated rings. The van der Waals surface area contributed by atoms with Gasteiger partial charge in [-0.15, -0.1) is 0 Å². The predicted molar refractivity (Wildman–Crippen MR) is 72.0 cm³/mol. The number of piperidine rings is 1. The van der Waals surface area contributed by atoms with Crippen molar-refractivity contribution in [3.8, 4) is 0 Å². The predicted octanol–water partition coefficient (Wildman–Crippen LogP) is 2.87. The summed E-state index contributed by atoms with van der Waals surface area (Å²) in [6, 6.07) is 7.62. The van der Waals surface area contributed by atoms with Crippen molar-refractivity contribution < 1.29 is 9.90 Å². The lowest BCUT2D eigenvalue weighted by atomic mass is 9.83. The standard InChI is InChI=1S/C14H18ClNO2/c15-12-6-2-1-5-11(12)7-9-14(13(17)18)8-3-4-10-16-14/h1-2,5-6,16H,3-4,7-10H2,(H,17,18). The van der Waals surface area contributed by atoms with Gasteiger partial charge in [0.15, 0.2) is 0 Å². The van der Waals surface area contributed by atoms with Gasteiger partial charge in [-0.05, 0) is 50.3 Å². The average molecular weight is 268 g/mol. The van der Waals surface area contributed by atoms with E-state index in [-0.39, 0.29) is 0 Å². The molecule has 0 aliphatic carbocycles. The molecule has 1 aromatic carbocycles. The number of hydrogen-bond acceptors (Lipinski definition) is 2. The summed E-state index contributed by atoms with van der Waals surface area (Å²) in [6.07, 6.45) is 4.01. The average Bonchev–Trinajstić information content (AvgIpc) is 2.39. The highest BCUT2D eigenvalue weighted by Crippen LogP contribution is 2.27. The minimum Gasteiger partial charge on any atom is -0.480 e. The molecule has 0 bridgehead atoms. The molecular weight excluding hydrogens is 250 g/mol. The van der Waals surface area contributed by atoms with Crippen molar-refractivity contribution in [3.63, 3.8) is 0 Å². The van der Waals surface area contributed by atoms with E-state index < -0.39 is 11.5 Å². The number of aliphatic carboxylic acids is 1. The fraction of sp³-hybridized carbons (Fsp3) is 0.500. The molecular formula is C14H18ClNO2. The lowest BCUT2D eigenvalue weighted by molar-refractivity contribution is -0.146. The summed E-state index contributed by atoms with van der Waals surface area (Å²) in [7, 11) is 0. The Morgan fingerprint density at radius 3 is 2.78 bits per heavy atom. The van der Waals surface area contributed by atoms with Gasteiger partial charge in [-0.1, -0.05) is 29.8 Å². The van der Waals surface area contributed by atoms with Crippen LogP contribution in [0.3, 0.4) is 0 Å². The molecule has 1 saturated heterocycles. The summed E-state index contributed by atoms with van der Waals surface area (Å²) in [5.74, 6) is -0.741. The van der Waals surface area contributed by atoms with Crippen molar-refractivity contribution in [3.05, 3.63) is 34.9 Å². The molecule has 0 saturated carbocycles. The molecule has 4 heteroatoms. The quantitative estimate of drug-likeness (QED) is 0.882. The third-order valence-electron chi connectivity index (χ3n) is 3.68. The molecule has 0 spiro atoms. The van der Waals surface area contributed by atoms with Gasteiger partial charge in [0.1, 0.15) is 5.54 Å². The molecule has 1 unspecified atom stereocenters. The molecule has 0 aromatic heterocycles.